The molecule has 0 atom stereocenters. The molecule has 0 fully saturated rings. The summed E-state index contributed by atoms with van der Waals surface area (Å²) in [6.45, 7) is 2.93. The summed E-state index contributed by atoms with van der Waals surface area (Å²) in [6, 6.07) is 11.9. The number of aromatic amines is 1. The maximum Gasteiger partial charge on any atom is 0.330 e. The number of amides is 1. The van der Waals surface area contributed by atoms with Crippen molar-refractivity contribution in [1.29, 1.82) is 0 Å². The van der Waals surface area contributed by atoms with Crippen LogP contribution in [0.15, 0.2) is 48.6 Å². The van der Waals surface area contributed by atoms with Crippen LogP contribution in [0.3, 0.4) is 0 Å². The maximum atomic E-state index is 13.1. The molecule has 1 aliphatic rings. The van der Waals surface area contributed by atoms with Crippen LogP contribution in [-0.4, -0.2) is 34.9 Å². The van der Waals surface area contributed by atoms with Crippen molar-refractivity contribution >= 4 is 11.9 Å². The fraction of sp³-hybridized carbons (Fsp3) is 0.364. The number of hydrogen-bond acceptors (Lipinski definition) is 3. The van der Waals surface area contributed by atoms with Crippen LogP contribution in [0.2, 0.25) is 0 Å². The van der Waals surface area contributed by atoms with Crippen molar-refractivity contribution in [2.75, 3.05) is 13.2 Å². The van der Waals surface area contributed by atoms with Crippen molar-refractivity contribution in [2.24, 2.45) is 0 Å². The molecule has 0 saturated heterocycles. The Balaban J connectivity index is 1.76. The van der Waals surface area contributed by atoms with Crippen LogP contribution in [0.25, 0.3) is 0 Å². The molecule has 0 saturated carbocycles. The van der Waals surface area contributed by atoms with Crippen molar-refractivity contribution in [3.63, 3.8) is 0 Å². The summed E-state index contributed by atoms with van der Waals surface area (Å²) in [4.78, 5) is 29.7. The summed E-state index contributed by atoms with van der Waals surface area (Å²) in [5.74, 6) is -0.443. The minimum Gasteiger partial charge on any atom is -0.463 e. The third kappa shape index (κ3) is 5.09. The van der Waals surface area contributed by atoms with Crippen LogP contribution in [0.4, 0.5) is 0 Å². The molecule has 0 spiro atoms. The number of nitrogens with zero attached hydrogens (tertiary/aromatic N) is 1. The van der Waals surface area contributed by atoms with Crippen molar-refractivity contribution in [3.8, 4) is 0 Å². The van der Waals surface area contributed by atoms with Crippen molar-refractivity contribution in [3.05, 3.63) is 71.1 Å². The molecule has 1 aromatic carbocycles. The summed E-state index contributed by atoms with van der Waals surface area (Å²) < 4.78 is 4.91. The molecule has 142 valence electrons. The van der Waals surface area contributed by atoms with Gasteiger partial charge >= 0.3 is 5.97 Å². The highest BCUT2D eigenvalue weighted by Gasteiger charge is 2.20. The van der Waals surface area contributed by atoms with E-state index in [0.29, 0.717) is 25.4 Å². The first-order valence-electron chi connectivity index (χ1n) is 9.54. The van der Waals surface area contributed by atoms with Crippen molar-refractivity contribution in [1.82, 2.24) is 9.88 Å². The van der Waals surface area contributed by atoms with Crippen LogP contribution in [0.5, 0.6) is 0 Å². The number of aryl methyl sites for hydroxylation is 2. The van der Waals surface area contributed by atoms with Gasteiger partial charge in [0.05, 0.1) is 6.61 Å². The molecule has 0 radical (unpaired) electrons. The Hall–Kier alpha value is -2.82. The number of benzene rings is 1. The van der Waals surface area contributed by atoms with E-state index in [1.165, 1.54) is 23.8 Å². The van der Waals surface area contributed by atoms with Gasteiger partial charge in [-0.3, -0.25) is 4.79 Å². The van der Waals surface area contributed by atoms with Crippen LogP contribution in [0, 0.1) is 0 Å². The zero-order valence-electron chi connectivity index (χ0n) is 15.7. The normalized spacial score (nSPS) is 13.4. The Labute approximate surface area is 160 Å². The predicted octanol–water partition coefficient (Wildman–Crippen LogP) is 3.66. The van der Waals surface area contributed by atoms with Gasteiger partial charge in [0, 0.05) is 24.9 Å². The van der Waals surface area contributed by atoms with Crippen molar-refractivity contribution < 1.29 is 14.3 Å². The standard InChI is InChI=1S/C22H26N2O3/c1-2-27-21(25)13-8-14-24(16-17-9-4-3-5-10-17)22(26)20-15-18-11-6-7-12-19(18)23-20/h3-5,8-10,13,15,23H,2,6-7,11-12,14,16H2,1H3/b13-8+. The molecule has 27 heavy (non-hydrogen) atoms. The second kappa shape index (κ2) is 9.21. The Morgan fingerprint density at radius 3 is 2.70 bits per heavy atom. The Kier molecular flexibility index (Phi) is 6.47. The number of aromatic nitrogens is 1. The fourth-order valence-electron chi connectivity index (χ4n) is 3.38. The summed E-state index contributed by atoms with van der Waals surface area (Å²) in [5, 5.41) is 0. The first-order valence-corrected chi connectivity index (χ1v) is 9.54. The molecular formula is C22H26N2O3. The van der Waals surface area contributed by atoms with Gasteiger partial charge in [-0.15, -0.1) is 0 Å². The summed E-state index contributed by atoms with van der Waals surface area (Å²) >= 11 is 0. The van der Waals surface area contributed by atoms with E-state index in [-0.39, 0.29) is 11.9 Å². The van der Waals surface area contributed by atoms with Crippen LogP contribution in [-0.2, 0) is 28.9 Å². The molecule has 3 rings (SSSR count). The topological polar surface area (TPSA) is 62.4 Å². The first kappa shape index (κ1) is 19.0. The molecular weight excluding hydrogens is 340 g/mol. The van der Waals surface area contributed by atoms with Gasteiger partial charge in [-0.1, -0.05) is 36.4 Å². The van der Waals surface area contributed by atoms with E-state index in [4.69, 9.17) is 4.74 Å². The molecule has 1 aromatic heterocycles. The Bertz CT molecular complexity index is 785. The average molecular weight is 366 g/mol. The first-order chi connectivity index (χ1) is 13.2. The van der Waals surface area contributed by atoms with E-state index >= 15 is 0 Å². The van der Waals surface area contributed by atoms with Crippen LogP contribution >= 0.6 is 0 Å². The molecule has 5 nitrogen and oxygen atoms in total. The summed E-state index contributed by atoms with van der Waals surface area (Å²) in [5.41, 5.74) is 4.12. The minimum atomic E-state index is -0.389. The SMILES string of the molecule is CCOC(=O)/C=C/CN(Cc1ccccc1)C(=O)c1cc2c([nH]1)CCCC2. The number of ether oxygens (including phenoxy) is 1. The molecule has 2 aromatic rings. The zero-order valence-corrected chi connectivity index (χ0v) is 15.7. The van der Waals surface area contributed by atoms with Gasteiger partial charge in [-0.25, -0.2) is 4.79 Å². The molecule has 1 amide bonds. The number of hydrogen-bond donors (Lipinski definition) is 1. The molecule has 1 heterocycles. The number of carbonyl (C=O) groups is 2. The lowest BCUT2D eigenvalue weighted by Crippen LogP contribution is -2.31. The predicted molar refractivity (Wildman–Crippen MR) is 104 cm³/mol. The highest BCUT2D eigenvalue weighted by atomic mass is 16.5. The molecule has 5 heteroatoms. The third-order valence-corrected chi connectivity index (χ3v) is 4.71. The van der Waals surface area contributed by atoms with E-state index < -0.39 is 0 Å². The van der Waals surface area contributed by atoms with Gasteiger partial charge in [0.25, 0.3) is 5.91 Å². The molecule has 0 unspecified atom stereocenters. The van der Waals surface area contributed by atoms with E-state index in [1.807, 2.05) is 36.4 Å². The molecule has 1 aliphatic carbocycles. The van der Waals surface area contributed by atoms with Gasteiger partial charge in [-0.2, -0.15) is 0 Å². The van der Waals surface area contributed by atoms with Gasteiger partial charge in [-0.05, 0) is 49.8 Å². The number of esters is 1. The largest absolute Gasteiger partial charge is 0.463 e. The van der Waals surface area contributed by atoms with Crippen LogP contribution < -0.4 is 0 Å². The summed E-state index contributed by atoms with van der Waals surface area (Å²) in [7, 11) is 0. The fourth-order valence-corrected chi connectivity index (χ4v) is 3.38. The second-order valence-electron chi connectivity index (χ2n) is 6.72. The maximum absolute atomic E-state index is 13.1. The number of rotatable bonds is 7. The Morgan fingerprint density at radius 1 is 1.19 bits per heavy atom. The minimum absolute atomic E-state index is 0.0539. The van der Waals surface area contributed by atoms with Gasteiger partial charge in [0.15, 0.2) is 0 Å². The van der Waals surface area contributed by atoms with E-state index in [2.05, 4.69) is 4.98 Å². The third-order valence-electron chi connectivity index (χ3n) is 4.71. The number of H-pyrrole nitrogens is 1. The number of fused-ring (bicyclic) bond motifs is 1. The van der Waals surface area contributed by atoms with Crippen molar-refractivity contribution in [2.45, 2.75) is 39.2 Å². The monoisotopic (exact) mass is 366 g/mol. The number of nitrogens with one attached hydrogen (secondary N) is 1. The smallest absolute Gasteiger partial charge is 0.330 e. The molecule has 0 bridgehead atoms. The number of carbonyl (C=O) groups excluding carboxylic acids is 2. The van der Waals surface area contributed by atoms with Gasteiger partial charge < -0.3 is 14.6 Å². The quantitative estimate of drug-likeness (QED) is 0.601. The van der Waals surface area contributed by atoms with Gasteiger partial charge in [0.1, 0.15) is 5.69 Å². The van der Waals surface area contributed by atoms with E-state index in [0.717, 1.165) is 24.8 Å². The van der Waals surface area contributed by atoms with E-state index in [9.17, 15) is 9.59 Å². The lowest BCUT2D eigenvalue weighted by molar-refractivity contribution is -0.137. The lowest BCUT2D eigenvalue weighted by Gasteiger charge is -2.21. The van der Waals surface area contributed by atoms with Gasteiger partial charge in [0.2, 0.25) is 0 Å². The van der Waals surface area contributed by atoms with Crippen LogP contribution in [0.1, 0.15) is 47.1 Å². The molecule has 1 N–H and O–H groups in total. The van der Waals surface area contributed by atoms with E-state index in [1.54, 1.807) is 17.9 Å². The summed E-state index contributed by atoms with van der Waals surface area (Å²) in [6.07, 6.45) is 7.44. The highest BCUT2D eigenvalue weighted by molar-refractivity contribution is 5.93. The highest BCUT2D eigenvalue weighted by Crippen LogP contribution is 2.22. The Morgan fingerprint density at radius 2 is 1.96 bits per heavy atom. The zero-order chi connectivity index (χ0) is 19.1. The second-order valence-corrected chi connectivity index (χ2v) is 6.72. The lowest BCUT2D eigenvalue weighted by atomic mass is 9.98. The average Bonchev–Trinajstić information content (AvgIpc) is 3.12. The molecule has 0 aliphatic heterocycles.